The van der Waals surface area contributed by atoms with Crippen molar-refractivity contribution in [2.75, 3.05) is 70.3 Å². The van der Waals surface area contributed by atoms with E-state index in [1.54, 1.807) is 11.0 Å². The molecule has 0 saturated carbocycles. The first-order valence-electron chi connectivity index (χ1n) is 15.1. The molecule has 0 spiro atoms. The number of nitrogens with zero attached hydrogens (tertiary/aromatic N) is 5. The highest BCUT2D eigenvalue weighted by Gasteiger charge is 2.31. The van der Waals surface area contributed by atoms with Gasteiger partial charge in [0, 0.05) is 113 Å². The molecule has 51 heavy (non-hydrogen) atoms. The highest BCUT2D eigenvalue weighted by atomic mass is 19.4. The van der Waals surface area contributed by atoms with Gasteiger partial charge in [0.05, 0.1) is 10.5 Å². The molecule has 4 N–H and O–H groups in total. The average Bonchev–Trinajstić information content (AvgIpc) is 3.09. The summed E-state index contributed by atoms with van der Waals surface area (Å²) in [6, 6.07) is 11.2. The smallest absolute Gasteiger partial charge is 0.416 e. The Hall–Kier alpha value is -5.82. The number of hydrogen-bond donors (Lipinski definition) is 4. The number of nitro groups is 1. The van der Waals surface area contributed by atoms with E-state index in [0.717, 1.165) is 45.3 Å². The molecule has 2 aliphatic heterocycles. The zero-order chi connectivity index (χ0) is 38.1. The summed E-state index contributed by atoms with van der Waals surface area (Å²) in [4.78, 5) is 69.6. The number of carboxylic acid groups (broad SMARTS) is 4. The molecule has 2 aromatic carbocycles. The summed E-state index contributed by atoms with van der Waals surface area (Å²) in [6.45, 7) is 7.36. The molecule has 0 bridgehead atoms. The van der Waals surface area contributed by atoms with Crippen LogP contribution < -0.4 is 4.90 Å². The molecule has 0 radical (unpaired) electrons. The summed E-state index contributed by atoms with van der Waals surface area (Å²) in [7, 11) is 0. The minimum atomic E-state index is -4.34. The van der Waals surface area contributed by atoms with E-state index in [-0.39, 0.29) is 11.6 Å². The minimum absolute atomic E-state index is 0.0398. The van der Waals surface area contributed by atoms with Gasteiger partial charge in [0.15, 0.2) is 0 Å². The number of aliphatic carboxylic acids is 4. The van der Waals surface area contributed by atoms with Crippen LogP contribution in [0.2, 0.25) is 0 Å². The van der Waals surface area contributed by atoms with Gasteiger partial charge in [-0.25, -0.2) is 19.2 Å². The van der Waals surface area contributed by atoms with Crippen molar-refractivity contribution in [2.24, 2.45) is 0 Å². The van der Waals surface area contributed by atoms with Crippen LogP contribution in [0, 0.1) is 10.1 Å². The van der Waals surface area contributed by atoms with E-state index in [9.17, 15) is 47.3 Å². The van der Waals surface area contributed by atoms with Gasteiger partial charge in [-0.05, 0) is 30.3 Å². The van der Waals surface area contributed by atoms with Crippen molar-refractivity contribution in [1.82, 2.24) is 14.7 Å². The fourth-order valence-corrected chi connectivity index (χ4v) is 4.76. The molecule has 0 aromatic heterocycles. The second kappa shape index (κ2) is 20.0. The van der Waals surface area contributed by atoms with Gasteiger partial charge >= 0.3 is 30.1 Å². The molecule has 2 heterocycles. The third kappa shape index (κ3) is 15.5. The van der Waals surface area contributed by atoms with Crippen molar-refractivity contribution < 1.29 is 62.5 Å². The van der Waals surface area contributed by atoms with Crippen LogP contribution in [0.5, 0.6) is 0 Å². The van der Waals surface area contributed by atoms with Crippen molar-refractivity contribution in [3.63, 3.8) is 0 Å². The molecule has 276 valence electrons. The lowest BCUT2D eigenvalue weighted by atomic mass is 10.1. The molecule has 1 amide bonds. The summed E-state index contributed by atoms with van der Waals surface area (Å²) in [5.74, 6) is -5.15. The third-order valence-electron chi connectivity index (χ3n) is 7.36. The Kier molecular flexibility index (Phi) is 16.2. The van der Waals surface area contributed by atoms with Crippen LogP contribution in [0.25, 0.3) is 0 Å². The standard InChI is InChI=1S/C24H28F3N5O3.2C4H4O4/c25-24(26,27)20-2-1-3-22(18-20)30-14-10-28(11-15-30)8-9-29-12-16-31(17-13-29)23(33)19-4-6-21(7-5-19)32(34)35;2*5-3(6)1-2-4(7)8/h1-7,18H,8-17H2;2*1-2H,(H,5,6)(H,7,8)/b;2*2-1+. The second-order valence-corrected chi connectivity index (χ2v) is 10.8. The molecule has 19 heteroatoms. The highest BCUT2D eigenvalue weighted by Crippen LogP contribution is 2.32. The Balaban J connectivity index is 0.000000468. The number of piperazine rings is 2. The van der Waals surface area contributed by atoms with E-state index < -0.39 is 40.5 Å². The molecule has 4 rings (SSSR count). The lowest BCUT2D eigenvalue weighted by molar-refractivity contribution is -0.384. The number of nitro benzene ring substituents is 1. The SMILES string of the molecule is O=C(O)/C=C/C(=O)O.O=C(O)/C=C/C(=O)O.O=C(c1ccc([N+](=O)[O-])cc1)N1CCN(CCN2CCN(c3cccc(C(F)(F)F)c3)CC2)CC1. The zero-order valence-corrected chi connectivity index (χ0v) is 27.0. The van der Waals surface area contributed by atoms with Crippen LogP contribution in [0.1, 0.15) is 15.9 Å². The number of carbonyl (C=O) groups excluding carboxylic acids is 1. The number of carboxylic acids is 4. The van der Waals surface area contributed by atoms with Crippen LogP contribution in [0.4, 0.5) is 24.5 Å². The number of anilines is 1. The first-order chi connectivity index (χ1) is 24.0. The molecule has 0 atom stereocenters. The Morgan fingerprint density at radius 1 is 0.686 bits per heavy atom. The predicted octanol–water partition coefficient (Wildman–Crippen LogP) is 2.62. The molecule has 16 nitrogen and oxygen atoms in total. The van der Waals surface area contributed by atoms with Crippen LogP contribution >= 0.6 is 0 Å². The Labute approximate surface area is 289 Å². The number of alkyl halides is 3. The van der Waals surface area contributed by atoms with E-state index in [1.807, 2.05) is 4.90 Å². The van der Waals surface area contributed by atoms with Crippen LogP contribution in [0.3, 0.4) is 0 Å². The molecule has 2 aliphatic rings. The second-order valence-electron chi connectivity index (χ2n) is 10.8. The normalized spacial score (nSPS) is 15.4. The van der Waals surface area contributed by atoms with Crippen molar-refractivity contribution in [3.05, 3.63) is 94.1 Å². The quantitative estimate of drug-likeness (QED) is 0.157. The number of hydrogen-bond acceptors (Lipinski definition) is 10. The van der Waals surface area contributed by atoms with Gasteiger partial charge in [-0.2, -0.15) is 13.2 Å². The van der Waals surface area contributed by atoms with Gasteiger partial charge in [0.25, 0.3) is 11.6 Å². The molecule has 2 fully saturated rings. The Morgan fingerprint density at radius 2 is 1.12 bits per heavy atom. The molecule has 2 saturated heterocycles. The minimum Gasteiger partial charge on any atom is -0.478 e. The van der Waals surface area contributed by atoms with E-state index in [2.05, 4.69) is 9.80 Å². The Bertz CT molecular complexity index is 1520. The van der Waals surface area contributed by atoms with Gasteiger partial charge in [0.1, 0.15) is 0 Å². The maximum Gasteiger partial charge on any atom is 0.416 e. The van der Waals surface area contributed by atoms with Gasteiger partial charge in [-0.1, -0.05) is 6.07 Å². The Morgan fingerprint density at radius 3 is 1.51 bits per heavy atom. The maximum absolute atomic E-state index is 13.0. The van der Waals surface area contributed by atoms with Crippen molar-refractivity contribution in [3.8, 4) is 0 Å². The summed E-state index contributed by atoms with van der Waals surface area (Å²) >= 11 is 0. The fraction of sp³-hybridized carbons (Fsp3) is 0.344. The summed E-state index contributed by atoms with van der Waals surface area (Å²) in [5.41, 5.74) is 0.390. The molecular formula is C32H36F3N5O11. The van der Waals surface area contributed by atoms with Gasteiger partial charge < -0.3 is 30.2 Å². The fourth-order valence-electron chi connectivity index (χ4n) is 4.76. The van der Waals surface area contributed by atoms with Gasteiger partial charge in [-0.15, -0.1) is 0 Å². The highest BCUT2D eigenvalue weighted by molar-refractivity contribution is 5.94. The monoisotopic (exact) mass is 723 g/mol. The number of carbonyl (C=O) groups is 5. The van der Waals surface area contributed by atoms with E-state index in [0.29, 0.717) is 61.7 Å². The van der Waals surface area contributed by atoms with Crippen molar-refractivity contribution in [2.45, 2.75) is 6.18 Å². The van der Waals surface area contributed by atoms with Crippen molar-refractivity contribution >= 4 is 41.2 Å². The van der Waals surface area contributed by atoms with Crippen LogP contribution in [-0.4, -0.2) is 135 Å². The number of rotatable bonds is 10. The number of non-ortho nitro benzene ring substituents is 1. The summed E-state index contributed by atoms with van der Waals surface area (Å²) in [5, 5.41) is 42.0. The zero-order valence-electron chi connectivity index (χ0n) is 27.0. The average molecular weight is 724 g/mol. The number of halogens is 3. The van der Waals surface area contributed by atoms with E-state index in [1.165, 1.54) is 36.4 Å². The summed E-state index contributed by atoms with van der Waals surface area (Å²) < 4.78 is 39.0. The van der Waals surface area contributed by atoms with Gasteiger partial charge in [0.2, 0.25) is 0 Å². The lowest BCUT2D eigenvalue weighted by Crippen LogP contribution is -2.52. The lowest BCUT2D eigenvalue weighted by Gasteiger charge is -2.39. The molecule has 2 aromatic rings. The first kappa shape index (κ1) is 41.4. The molecular weight excluding hydrogens is 687 g/mol. The van der Waals surface area contributed by atoms with Crippen LogP contribution in [0.15, 0.2) is 72.8 Å². The van der Waals surface area contributed by atoms with E-state index >= 15 is 0 Å². The topological polar surface area (TPSA) is 222 Å². The predicted molar refractivity (Wildman–Crippen MR) is 174 cm³/mol. The number of amides is 1. The van der Waals surface area contributed by atoms with Crippen LogP contribution in [-0.2, 0) is 25.4 Å². The largest absolute Gasteiger partial charge is 0.478 e. The van der Waals surface area contributed by atoms with Gasteiger partial charge in [-0.3, -0.25) is 24.7 Å². The first-order valence-corrected chi connectivity index (χ1v) is 15.1. The van der Waals surface area contributed by atoms with Crippen molar-refractivity contribution in [1.29, 1.82) is 0 Å². The third-order valence-corrected chi connectivity index (χ3v) is 7.36. The molecule has 0 aliphatic carbocycles. The summed E-state index contributed by atoms with van der Waals surface area (Å²) in [6.07, 6.45) is -2.11. The maximum atomic E-state index is 13.0. The number of benzene rings is 2. The van der Waals surface area contributed by atoms with E-state index in [4.69, 9.17) is 20.4 Å². The molecule has 0 unspecified atom stereocenters.